The highest BCUT2D eigenvalue weighted by Gasteiger charge is 2.09. The number of anilines is 1. The van der Waals surface area contributed by atoms with Gasteiger partial charge in [-0.1, -0.05) is 17.8 Å². The molecule has 1 aromatic carbocycles. The second-order valence-corrected chi connectivity index (χ2v) is 5.76. The molecule has 0 unspecified atom stereocenters. The van der Waals surface area contributed by atoms with Crippen LogP contribution >= 0.6 is 11.8 Å². The summed E-state index contributed by atoms with van der Waals surface area (Å²) in [7, 11) is 0. The van der Waals surface area contributed by atoms with Crippen LogP contribution < -0.4 is 5.32 Å². The minimum absolute atomic E-state index is 0.0616. The zero-order valence-corrected chi connectivity index (χ0v) is 12.9. The Morgan fingerprint density at radius 2 is 1.85 bits per heavy atom. The van der Waals surface area contributed by atoms with E-state index in [1.54, 1.807) is 0 Å². The summed E-state index contributed by atoms with van der Waals surface area (Å²) in [5, 5.41) is 3.42. The molecule has 2 rings (SSSR count). The Morgan fingerprint density at radius 1 is 1.20 bits per heavy atom. The first kappa shape index (κ1) is 14.7. The van der Waals surface area contributed by atoms with E-state index in [0.29, 0.717) is 5.22 Å². The van der Waals surface area contributed by atoms with Gasteiger partial charge in [0.15, 0.2) is 0 Å². The molecule has 0 bridgehead atoms. The maximum Gasteiger partial charge on any atom is 0.256 e. The minimum atomic E-state index is -0.0616. The Bertz CT molecular complexity index is 595. The summed E-state index contributed by atoms with van der Waals surface area (Å²) in [5.74, 6) is 1.02. The Kier molecular flexibility index (Phi) is 4.49. The van der Waals surface area contributed by atoms with Crippen LogP contribution in [0.5, 0.6) is 0 Å². The standard InChI is InChI=1S/C15H18N2O2S/c1-9-5-10(2)7-13(6-9)17-14(18)8-20-15-16-11(3)12(4)19-15/h5-7H,8H2,1-4H3,(H,17,18). The minimum Gasteiger partial charge on any atom is -0.437 e. The number of thioether (sulfide) groups is 1. The third kappa shape index (κ3) is 3.87. The molecule has 0 atom stereocenters. The van der Waals surface area contributed by atoms with E-state index in [0.717, 1.165) is 28.3 Å². The van der Waals surface area contributed by atoms with Crippen molar-refractivity contribution in [3.05, 3.63) is 40.8 Å². The van der Waals surface area contributed by atoms with Gasteiger partial charge >= 0.3 is 0 Å². The summed E-state index contributed by atoms with van der Waals surface area (Å²) in [6.45, 7) is 7.77. The first-order valence-corrected chi connectivity index (χ1v) is 7.37. The molecule has 0 aliphatic carbocycles. The van der Waals surface area contributed by atoms with Crippen molar-refractivity contribution in [2.45, 2.75) is 32.9 Å². The van der Waals surface area contributed by atoms with Crippen LogP contribution in [-0.4, -0.2) is 16.6 Å². The molecular formula is C15H18N2O2S. The molecule has 0 saturated heterocycles. The molecule has 0 spiro atoms. The lowest BCUT2D eigenvalue weighted by Crippen LogP contribution is -2.14. The number of nitrogens with one attached hydrogen (secondary N) is 1. The van der Waals surface area contributed by atoms with Crippen molar-refractivity contribution >= 4 is 23.4 Å². The van der Waals surface area contributed by atoms with Crippen LogP contribution in [0.1, 0.15) is 22.6 Å². The summed E-state index contributed by atoms with van der Waals surface area (Å²) in [4.78, 5) is 16.1. The fourth-order valence-electron chi connectivity index (χ4n) is 1.88. The van der Waals surface area contributed by atoms with E-state index in [1.165, 1.54) is 11.8 Å². The normalized spacial score (nSPS) is 10.6. The largest absolute Gasteiger partial charge is 0.437 e. The van der Waals surface area contributed by atoms with Gasteiger partial charge in [0.1, 0.15) is 5.76 Å². The number of oxazole rings is 1. The van der Waals surface area contributed by atoms with E-state index in [2.05, 4.69) is 16.4 Å². The molecular weight excluding hydrogens is 272 g/mol. The van der Waals surface area contributed by atoms with Gasteiger partial charge < -0.3 is 9.73 Å². The molecule has 0 radical (unpaired) electrons. The van der Waals surface area contributed by atoms with Crippen LogP contribution in [0.4, 0.5) is 5.69 Å². The van der Waals surface area contributed by atoms with Gasteiger partial charge in [-0.2, -0.15) is 0 Å². The second kappa shape index (κ2) is 6.13. The number of amides is 1. The van der Waals surface area contributed by atoms with Crippen LogP contribution in [0.2, 0.25) is 0 Å². The average molecular weight is 290 g/mol. The Labute approximate surface area is 123 Å². The van der Waals surface area contributed by atoms with Crippen molar-refractivity contribution in [3.63, 3.8) is 0 Å². The maximum absolute atomic E-state index is 11.9. The smallest absolute Gasteiger partial charge is 0.256 e. The zero-order valence-electron chi connectivity index (χ0n) is 12.1. The molecule has 0 aliphatic heterocycles. The molecule has 1 N–H and O–H groups in total. The Balaban J connectivity index is 1.92. The van der Waals surface area contributed by atoms with E-state index >= 15 is 0 Å². The van der Waals surface area contributed by atoms with Crippen LogP contribution in [-0.2, 0) is 4.79 Å². The predicted molar refractivity (Wildman–Crippen MR) is 81.2 cm³/mol. The van der Waals surface area contributed by atoms with Gasteiger partial charge in [0, 0.05) is 5.69 Å². The number of hydrogen-bond donors (Lipinski definition) is 1. The first-order chi connectivity index (χ1) is 9.44. The van der Waals surface area contributed by atoms with E-state index < -0.39 is 0 Å². The Hall–Kier alpha value is -1.75. The SMILES string of the molecule is Cc1cc(C)cc(NC(=O)CSc2nc(C)c(C)o2)c1. The molecule has 1 heterocycles. The van der Waals surface area contributed by atoms with Gasteiger partial charge in [-0.05, 0) is 51.0 Å². The lowest BCUT2D eigenvalue weighted by Gasteiger charge is -2.06. The first-order valence-electron chi connectivity index (χ1n) is 6.39. The number of aromatic nitrogens is 1. The number of aryl methyl sites for hydroxylation is 4. The van der Waals surface area contributed by atoms with Gasteiger partial charge in [-0.3, -0.25) is 4.79 Å². The third-order valence-corrected chi connectivity index (χ3v) is 3.67. The lowest BCUT2D eigenvalue weighted by atomic mass is 10.1. The highest BCUT2D eigenvalue weighted by atomic mass is 32.2. The van der Waals surface area contributed by atoms with Gasteiger partial charge in [-0.15, -0.1) is 0 Å². The highest BCUT2D eigenvalue weighted by molar-refractivity contribution is 7.99. The summed E-state index contributed by atoms with van der Waals surface area (Å²) >= 11 is 1.30. The number of benzene rings is 1. The molecule has 20 heavy (non-hydrogen) atoms. The number of rotatable bonds is 4. The van der Waals surface area contributed by atoms with Crippen molar-refractivity contribution in [3.8, 4) is 0 Å². The summed E-state index contributed by atoms with van der Waals surface area (Å²) in [5.41, 5.74) is 3.95. The van der Waals surface area contributed by atoms with Gasteiger partial charge in [-0.25, -0.2) is 4.98 Å². The van der Waals surface area contributed by atoms with Crippen molar-refractivity contribution in [2.75, 3.05) is 11.1 Å². The summed E-state index contributed by atoms with van der Waals surface area (Å²) in [6.07, 6.45) is 0. The topological polar surface area (TPSA) is 55.1 Å². The van der Waals surface area contributed by atoms with Crippen molar-refractivity contribution in [1.82, 2.24) is 4.98 Å². The monoisotopic (exact) mass is 290 g/mol. The quantitative estimate of drug-likeness (QED) is 0.873. The van der Waals surface area contributed by atoms with Crippen LogP contribution in [0.15, 0.2) is 27.8 Å². The van der Waals surface area contributed by atoms with Crippen LogP contribution in [0.3, 0.4) is 0 Å². The molecule has 0 aliphatic rings. The molecule has 106 valence electrons. The fraction of sp³-hybridized carbons (Fsp3) is 0.333. The highest BCUT2D eigenvalue weighted by Crippen LogP contribution is 2.20. The fourth-order valence-corrected chi connectivity index (χ4v) is 2.59. The second-order valence-electron chi connectivity index (χ2n) is 4.83. The number of carbonyl (C=O) groups excluding carboxylic acids is 1. The van der Waals surface area contributed by atoms with Gasteiger partial charge in [0.25, 0.3) is 5.22 Å². The predicted octanol–water partition coefficient (Wildman–Crippen LogP) is 3.64. The van der Waals surface area contributed by atoms with E-state index in [9.17, 15) is 4.79 Å². The summed E-state index contributed by atoms with van der Waals surface area (Å²) in [6, 6.07) is 5.98. The molecule has 0 fully saturated rings. The number of hydrogen-bond acceptors (Lipinski definition) is 4. The molecule has 5 heteroatoms. The van der Waals surface area contributed by atoms with Crippen molar-refractivity contribution < 1.29 is 9.21 Å². The molecule has 0 saturated carbocycles. The third-order valence-electron chi connectivity index (χ3n) is 2.84. The van der Waals surface area contributed by atoms with Crippen LogP contribution in [0, 0.1) is 27.7 Å². The van der Waals surface area contributed by atoms with Gasteiger partial charge in [0.05, 0.1) is 11.4 Å². The maximum atomic E-state index is 11.9. The van der Waals surface area contributed by atoms with Crippen molar-refractivity contribution in [1.29, 1.82) is 0 Å². The van der Waals surface area contributed by atoms with Crippen LogP contribution in [0.25, 0.3) is 0 Å². The molecule has 1 aromatic heterocycles. The lowest BCUT2D eigenvalue weighted by molar-refractivity contribution is -0.113. The number of nitrogens with zero attached hydrogens (tertiary/aromatic N) is 1. The average Bonchev–Trinajstić information content (AvgIpc) is 2.65. The zero-order chi connectivity index (χ0) is 14.7. The van der Waals surface area contributed by atoms with E-state index in [4.69, 9.17) is 4.42 Å². The van der Waals surface area contributed by atoms with Gasteiger partial charge in [0.2, 0.25) is 5.91 Å². The molecule has 2 aromatic rings. The van der Waals surface area contributed by atoms with E-state index in [1.807, 2.05) is 39.8 Å². The molecule has 4 nitrogen and oxygen atoms in total. The Morgan fingerprint density at radius 3 is 2.40 bits per heavy atom. The summed E-state index contributed by atoms with van der Waals surface area (Å²) < 4.78 is 5.42. The van der Waals surface area contributed by atoms with Crippen molar-refractivity contribution in [2.24, 2.45) is 0 Å². The number of carbonyl (C=O) groups is 1. The van der Waals surface area contributed by atoms with E-state index in [-0.39, 0.29) is 11.7 Å². The molecule has 1 amide bonds.